The van der Waals surface area contributed by atoms with Crippen molar-refractivity contribution in [1.82, 2.24) is 15.0 Å². The van der Waals surface area contributed by atoms with Gasteiger partial charge in [0.2, 0.25) is 0 Å². The molecule has 0 radical (unpaired) electrons. The Morgan fingerprint density at radius 3 is 2.11 bits per heavy atom. The Labute approximate surface area is 172 Å². The zero-order valence-corrected chi connectivity index (χ0v) is 18.2. The monoisotopic (exact) mass is 393 g/mol. The maximum Gasteiger partial charge on any atom is 0.106 e. The summed E-state index contributed by atoms with van der Waals surface area (Å²) < 4.78 is 1.61. The number of hydrogen-bond acceptors (Lipinski definition) is 4. The van der Waals surface area contributed by atoms with E-state index in [1.54, 1.807) is 10.8 Å². The van der Waals surface area contributed by atoms with Gasteiger partial charge in [0.25, 0.3) is 0 Å². The summed E-state index contributed by atoms with van der Waals surface area (Å²) in [6.45, 7) is 4.21. The average Bonchev–Trinajstić information content (AvgIpc) is 3.15. The topological polar surface area (TPSA) is 71.2 Å². The third kappa shape index (κ3) is 11.0. The van der Waals surface area contributed by atoms with Crippen LogP contribution < -0.4 is 0 Å². The van der Waals surface area contributed by atoms with Crippen LogP contribution in [0.5, 0.6) is 0 Å². The zero-order valence-electron chi connectivity index (χ0n) is 18.2. The van der Waals surface area contributed by atoms with Crippen LogP contribution in [0.25, 0.3) is 0 Å². The van der Waals surface area contributed by atoms with Gasteiger partial charge < -0.3 is 10.2 Å². The summed E-state index contributed by atoms with van der Waals surface area (Å²) in [4.78, 5) is 0. The zero-order chi connectivity index (χ0) is 20.5. The van der Waals surface area contributed by atoms with Crippen molar-refractivity contribution in [1.29, 1.82) is 0 Å². The fraction of sp³-hybridized carbons (Fsp3) is 0.826. The first-order chi connectivity index (χ1) is 13.7. The Balaban J connectivity index is 2.17. The summed E-state index contributed by atoms with van der Waals surface area (Å²) >= 11 is 0. The minimum absolute atomic E-state index is 0.154. The number of aliphatic hydroxyl groups excluding tert-OH is 2. The Morgan fingerprint density at radius 2 is 1.54 bits per heavy atom. The molecule has 0 aliphatic heterocycles. The van der Waals surface area contributed by atoms with Crippen LogP contribution in [-0.4, -0.2) is 37.9 Å². The van der Waals surface area contributed by atoms with Crippen LogP contribution in [0, 0.1) is 0 Å². The molecule has 0 fully saturated rings. The molecule has 1 rings (SSSR count). The molecule has 0 saturated carbocycles. The van der Waals surface area contributed by atoms with E-state index in [2.05, 4.69) is 24.2 Å². The standard InChI is InChI=1S/C23H43N3O2/c1-3-5-7-8-9-10-11-12-13-14-16-17-21-19-26(25-24-21)22(20-27)23(28)18-15-6-4-2/h15,18-19,22-23,27-28H,3-14,16-17,20H2,1-2H3/b18-15+/t22-,23+/m0/s1. The summed E-state index contributed by atoms with van der Waals surface area (Å²) in [5, 5.41) is 28.2. The van der Waals surface area contributed by atoms with E-state index in [1.165, 1.54) is 64.2 Å². The molecule has 5 nitrogen and oxygen atoms in total. The summed E-state index contributed by atoms with van der Waals surface area (Å²) in [7, 11) is 0. The Morgan fingerprint density at radius 1 is 0.929 bits per heavy atom. The van der Waals surface area contributed by atoms with Gasteiger partial charge in [0, 0.05) is 6.20 Å². The highest BCUT2D eigenvalue weighted by atomic mass is 16.3. The van der Waals surface area contributed by atoms with Crippen LogP contribution in [0.2, 0.25) is 0 Å². The molecule has 0 aliphatic rings. The van der Waals surface area contributed by atoms with Crippen LogP contribution in [-0.2, 0) is 6.42 Å². The molecule has 5 heteroatoms. The van der Waals surface area contributed by atoms with Gasteiger partial charge in [0.1, 0.15) is 6.04 Å². The van der Waals surface area contributed by atoms with E-state index in [0.717, 1.165) is 31.4 Å². The Bertz CT molecular complexity index is 502. The molecule has 0 aliphatic carbocycles. The van der Waals surface area contributed by atoms with Crippen molar-refractivity contribution in [3.05, 3.63) is 24.0 Å². The molecule has 1 heterocycles. The number of aryl methyl sites for hydroxylation is 1. The fourth-order valence-corrected chi connectivity index (χ4v) is 3.44. The fourth-order valence-electron chi connectivity index (χ4n) is 3.44. The maximum absolute atomic E-state index is 10.2. The van der Waals surface area contributed by atoms with E-state index in [9.17, 15) is 10.2 Å². The van der Waals surface area contributed by atoms with Gasteiger partial charge in [-0.05, 0) is 19.3 Å². The van der Waals surface area contributed by atoms with E-state index in [0.29, 0.717) is 0 Å². The quantitative estimate of drug-likeness (QED) is 0.259. The molecule has 28 heavy (non-hydrogen) atoms. The lowest BCUT2D eigenvalue weighted by Gasteiger charge is -2.17. The van der Waals surface area contributed by atoms with Crippen LogP contribution in [0.15, 0.2) is 18.3 Å². The molecular weight excluding hydrogens is 350 g/mol. The van der Waals surface area contributed by atoms with Crippen LogP contribution in [0.1, 0.15) is 109 Å². The predicted molar refractivity (Wildman–Crippen MR) is 116 cm³/mol. The molecule has 0 bridgehead atoms. The van der Waals surface area contributed by atoms with Gasteiger partial charge in [-0.3, -0.25) is 0 Å². The largest absolute Gasteiger partial charge is 0.394 e. The molecule has 0 amide bonds. The van der Waals surface area contributed by atoms with Crippen molar-refractivity contribution < 1.29 is 10.2 Å². The highest BCUT2D eigenvalue weighted by Gasteiger charge is 2.19. The number of rotatable bonds is 18. The summed E-state index contributed by atoms with van der Waals surface area (Å²) in [5.74, 6) is 0. The summed E-state index contributed by atoms with van der Waals surface area (Å²) in [6.07, 6.45) is 22.4. The maximum atomic E-state index is 10.2. The van der Waals surface area contributed by atoms with Gasteiger partial charge in [0.05, 0.1) is 18.4 Å². The lowest BCUT2D eigenvalue weighted by molar-refractivity contribution is 0.0974. The molecule has 0 aromatic carbocycles. The van der Waals surface area contributed by atoms with Crippen molar-refractivity contribution in [3.63, 3.8) is 0 Å². The van der Waals surface area contributed by atoms with Gasteiger partial charge in [-0.15, -0.1) is 5.10 Å². The molecule has 162 valence electrons. The van der Waals surface area contributed by atoms with Crippen LogP contribution in [0.3, 0.4) is 0 Å². The van der Waals surface area contributed by atoms with E-state index in [1.807, 2.05) is 12.3 Å². The van der Waals surface area contributed by atoms with Crippen molar-refractivity contribution in [2.75, 3.05) is 6.61 Å². The molecule has 0 unspecified atom stereocenters. The van der Waals surface area contributed by atoms with E-state index in [-0.39, 0.29) is 6.61 Å². The van der Waals surface area contributed by atoms with E-state index in [4.69, 9.17) is 0 Å². The second kappa shape index (κ2) is 16.7. The SMILES string of the molecule is CCC/C=C/[C@@H](O)[C@H](CO)n1cc(CCCCCCCCCCCCC)nn1. The smallest absolute Gasteiger partial charge is 0.106 e. The lowest BCUT2D eigenvalue weighted by Crippen LogP contribution is -2.26. The average molecular weight is 394 g/mol. The molecule has 2 atom stereocenters. The molecule has 2 N–H and O–H groups in total. The molecule has 1 aromatic rings. The predicted octanol–water partition coefficient (Wildman–Crippen LogP) is 5.38. The van der Waals surface area contributed by atoms with Gasteiger partial charge in [0.15, 0.2) is 0 Å². The van der Waals surface area contributed by atoms with Crippen molar-refractivity contribution >= 4 is 0 Å². The lowest BCUT2D eigenvalue weighted by atomic mass is 10.0. The number of hydrogen-bond donors (Lipinski definition) is 2. The first-order valence-electron chi connectivity index (χ1n) is 11.6. The second-order valence-corrected chi connectivity index (χ2v) is 7.93. The number of aliphatic hydroxyl groups is 2. The Hall–Kier alpha value is -1.20. The van der Waals surface area contributed by atoms with E-state index < -0.39 is 12.1 Å². The minimum atomic E-state index is -0.743. The number of nitrogens with zero attached hydrogens (tertiary/aromatic N) is 3. The van der Waals surface area contributed by atoms with Gasteiger partial charge in [-0.1, -0.05) is 102 Å². The number of unbranched alkanes of at least 4 members (excludes halogenated alkanes) is 11. The van der Waals surface area contributed by atoms with Gasteiger partial charge in [-0.2, -0.15) is 0 Å². The van der Waals surface area contributed by atoms with Gasteiger partial charge in [-0.25, -0.2) is 4.68 Å². The first kappa shape index (κ1) is 24.8. The van der Waals surface area contributed by atoms with Crippen LogP contribution in [0.4, 0.5) is 0 Å². The molecule has 0 saturated heterocycles. The molecular formula is C23H43N3O2. The third-order valence-corrected chi connectivity index (χ3v) is 5.30. The summed E-state index contributed by atoms with van der Waals surface area (Å²) in [6, 6.07) is -0.466. The second-order valence-electron chi connectivity index (χ2n) is 7.93. The Kier molecular flexibility index (Phi) is 14.8. The first-order valence-corrected chi connectivity index (χ1v) is 11.6. The third-order valence-electron chi connectivity index (χ3n) is 5.30. The number of allylic oxidation sites excluding steroid dienone is 1. The molecule has 1 aromatic heterocycles. The van der Waals surface area contributed by atoms with Crippen molar-refractivity contribution in [2.45, 2.75) is 116 Å². The van der Waals surface area contributed by atoms with Gasteiger partial charge >= 0.3 is 0 Å². The van der Waals surface area contributed by atoms with E-state index >= 15 is 0 Å². The summed E-state index contributed by atoms with van der Waals surface area (Å²) in [5.41, 5.74) is 0.944. The van der Waals surface area contributed by atoms with Crippen molar-refractivity contribution in [2.24, 2.45) is 0 Å². The molecule has 0 spiro atoms. The highest BCUT2D eigenvalue weighted by Crippen LogP contribution is 2.15. The van der Waals surface area contributed by atoms with Crippen molar-refractivity contribution in [3.8, 4) is 0 Å². The minimum Gasteiger partial charge on any atom is -0.394 e. The normalized spacial score (nSPS) is 14.0. The number of aromatic nitrogens is 3. The van der Waals surface area contributed by atoms with Crippen LogP contribution >= 0.6 is 0 Å². The highest BCUT2D eigenvalue weighted by molar-refractivity contribution is 4.98.